The van der Waals surface area contributed by atoms with Crippen LogP contribution in [0.1, 0.15) is 50.1 Å². The number of nitrogens with zero attached hydrogens (tertiary/aromatic N) is 3. The second-order valence-corrected chi connectivity index (χ2v) is 7.03. The van der Waals surface area contributed by atoms with Gasteiger partial charge < -0.3 is 10.6 Å². The third kappa shape index (κ3) is 3.57. The molecule has 2 heterocycles. The van der Waals surface area contributed by atoms with Gasteiger partial charge in [-0.2, -0.15) is 5.10 Å². The topological polar surface area (TPSA) is 81.2 Å². The lowest BCUT2D eigenvalue weighted by molar-refractivity contribution is -0.139. The fraction of sp³-hybridized carbons (Fsp3) is 0.706. The van der Waals surface area contributed by atoms with Crippen LogP contribution in [0, 0.1) is 18.8 Å². The highest BCUT2D eigenvalue weighted by atomic mass is 16.2. The van der Waals surface area contributed by atoms with Crippen molar-refractivity contribution in [3.05, 3.63) is 18.0 Å². The molecule has 0 unspecified atom stereocenters. The molecule has 1 aliphatic carbocycles. The van der Waals surface area contributed by atoms with Gasteiger partial charge in [0.25, 0.3) is 0 Å². The largest absolute Gasteiger partial charge is 0.369 e. The highest BCUT2D eigenvalue weighted by Crippen LogP contribution is 2.31. The number of likely N-dealkylation sites (tertiary alicyclic amines) is 1. The highest BCUT2D eigenvalue weighted by Gasteiger charge is 2.33. The maximum atomic E-state index is 12.8. The third-order valence-electron chi connectivity index (χ3n) is 5.29. The highest BCUT2D eigenvalue weighted by molar-refractivity contribution is 5.80. The van der Waals surface area contributed by atoms with Crippen LogP contribution in [0.4, 0.5) is 0 Å². The van der Waals surface area contributed by atoms with Gasteiger partial charge >= 0.3 is 0 Å². The SMILES string of the molecule is Cc1cnn([C@H]2CCCN(C(=O)C3CCC(C(N)=O)CC3)C2)c1. The van der Waals surface area contributed by atoms with Gasteiger partial charge in [0.2, 0.25) is 11.8 Å². The van der Waals surface area contributed by atoms with Crippen LogP contribution in [0.25, 0.3) is 0 Å². The zero-order valence-corrected chi connectivity index (χ0v) is 13.8. The summed E-state index contributed by atoms with van der Waals surface area (Å²) in [6, 6.07) is 0.281. The number of aryl methyl sites for hydroxylation is 1. The van der Waals surface area contributed by atoms with Crippen LogP contribution in [0.3, 0.4) is 0 Å². The molecule has 0 radical (unpaired) electrons. The molecular formula is C17H26N4O2. The first kappa shape index (κ1) is 16.0. The minimum absolute atomic E-state index is 0.0415. The number of carbonyl (C=O) groups excluding carboxylic acids is 2. The zero-order valence-electron chi connectivity index (χ0n) is 13.8. The Balaban J connectivity index is 1.58. The van der Waals surface area contributed by atoms with E-state index >= 15 is 0 Å². The lowest BCUT2D eigenvalue weighted by Crippen LogP contribution is -2.44. The predicted molar refractivity (Wildman–Crippen MR) is 86.5 cm³/mol. The van der Waals surface area contributed by atoms with Gasteiger partial charge in [0.05, 0.1) is 12.2 Å². The number of aromatic nitrogens is 2. The van der Waals surface area contributed by atoms with Gasteiger partial charge in [0.1, 0.15) is 0 Å². The van der Waals surface area contributed by atoms with Crippen molar-refractivity contribution >= 4 is 11.8 Å². The number of carbonyl (C=O) groups is 2. The summed E-state index contributed by atoms with van der Waals surface area (Å²) < 4.78 is 2.00. The lowest BCUT2D eigenvalue weighted by Gasteiger charge is -2.36. The summed E-state index contributed by atoms with van der Waals surface area (Å²) >= 11 is 0. The molecule has 2 N–H and O–H groups in total. The molecule has 2 aliphatic rings. The van der Waals surface area contributed by atoms with Crippen LogP contribution in [0.15, 0.2) is 12.4 Å². The number of amides is 2. The van der Waals surface area contributed by atoms with Crippen molar-refractivity contribution < 1.29 is 9.59 Å². The number of nitrogens with two attached hydrogens (primary N) is 1. The summed E-state index contributed by atoms with van der Waals surface area (Å²) in [5.74, 6) is 0.0494. The van der Waals surface area contributed by atoms with Gasteiger partial charge in [-0.15, -0.1) is 0 Å². The first-order valence-electron chi connectivity index (χ1n) is 8.63. The average molecular weight is 318 g/mol. The number of primary amides is 1. The van der Waals surface area contributed by atoms with Crippen LogP contribution >= 0.6 is 0 Å². The molecular weight excluding hydrogens is 292 g/mol. The van der Waals surface area contributed by atoms with E-state index in [9.17, 15) is 9.59 Å². The van der Waals surface area contributed by atoms with E-state index in [-0.39, 0.29) is 29.7 Å². The molecule has 6 nitrogen and oxygen atoms in total. The van der Waals surface area contributed by atoms with Crippen molar-refractivity contribution in [1.82, 2.24) is 14.7 Å². The fourth-order valence-corrected chi connectivity index (χ4v) is 3.89. The van der Waals surface area contributed by atoms with Gasteiger partial charge in [-0.1, -0.05) is 0 Å². The summed E-state index contributed by atoms with van der Waals surface area (Å²) in [4.78, 5) is 26.0. The minimum atomic E-state index is -0.219. The van der Waals surface area contributed by atoms with Crippen molar-refractivity contribution in [3.8, 4) is 0 Å². The quantitative estimate of drug-likeness (QED) is 0.920. The summed E-state index contributed by atoms with van der Waals surface area (Å²) in [6.07, 6.45) is 9.08. The fourth-order valence-electron chi connectivity index (χ4n) is 3.89. The molecule has 3 rings (SSSR count). The second kappa shape index (κ2) is 6.72. The Bertz CT molecular complexity index is 575. The first-order valence-corrected chi connectivity index (χ1v) is 8.63. The van der Waals surface area contributed by atoms with Gasteiger partial charge in [-0.3, -0.25) is 14.3 Å². The second-order valence-electron chi connectivity index (χ2n) is 7.03. The van der Waals surface area contributed by atoms with Crippen LogP contribution in [0.2, 0.25) is 0 Å². The summed E-state index contributed by atoms with van der Waals surface area (Å²) in [5.41, 5.74) is 6.52. The normalized spacial score (nSPS) is 28.6. The number of rotatable bonds is 3. The maximum Gasteiger partial charge on any atom is 0.225 e. The zero-order chi connectivity index (χ0) is 16.4. The molecule has 1 aromatic rings. The van der Waals surface area contributed by atoms with Crippen LogP contribution in [-0.2, 0) is 9.59 Å². The summed E-state index contributed by atoms with van der Waals surface area (Å²) in [6.45, 7) is 3.62. The van der Waals surface area contributed by atoms with Gasteiger partial charge in [-0.05, 0) is 51.0 Å². The monoisotopic (exact) mass is 318 g/mol. The maximum absolute atomic E-state index is 12.8. The molecule has 23 heavy (non-hydrogen) atoms. The van der Waals surface area contributed by atoms with E-state index in [4.69, 9.17) is 5.73 Å². The predicted octanol–water partition coefficient (Wildman–Crippen LogP) is 1.65. The summed E-state index contributed by atoms with van der Waals surface area (Å²) in [5, 5.41) is 4.40. The van der Waals surface area contributed by atoms with Crippen molar-refractivity contribution in [1.29, 1.82) is 0 Å². The van der Waals surface area contributed by atoms with Gasteiger partial charge in [0.15, 0.2) is 0 Å². The van der Waals surface area contributed by atoms with E-state index in [1.165, 1.54) is 0 Å². The molecule has 0 aromatic carbocycles. The number of hydrogen-bond acceptors (Lipinski definition) is 3. The summed E-state index contributed by atoms with van der Waals surface area (Å²) in [7, 11) is 0. The molecule has 1 saturated heterocycles. The molecule has 2 amide bonds. The standard InChI is InChI=1S/C17H26N4O2/c1-12-9-19-21(10-12)15-3-2-8-20(11-15)17(23)14-6-4-13(5-7-14)16(18)22/h9-10,13-15H,2-8,11H2,1H3,(H2,18,22)/t13?,14?,15-/m0/s1. The van der Waals surface area contributed by atoms with Crippen molar-refractivity contribution in [2.75, 3.05) is 13.1 Å². The van der Waals surface area contributed by atoms with Crippen molar-refractivity contribution in [2.24, 2.45) is 17.6 Å². The van der Waals surface area contributed by atoms with Crippen LogP contribution in [0.5, 0.6) is 0 Å². The third-order valence-corrected chi connectivity index (χ3v) is 5.29. The molecule has 6 heteroatoms. The smallest absolute Gasteiger partial charge is 0.225 e. The molecule has 2 fully saturated rings. The molecule has 1 aromatic heterocycles. The Morgan fingerprint density at radius 3 is 2.48 bits per heavy atom. The van der Waals surface area contributed by atoms with Crippen LogP contribution < -0.4 is 5.73 Å². The van der Waals surface area contributed by atoms with E-state index in [0.717, 1.165) is 57.2 Å². The number of piperidine rings is 1. The molecule has 0 bridgehead atoms. The molecule has 126 valence electrons. The molecule has 1 atom stereocenters. The Hall–Kier alpha value is -1.85. The number of hydrogen-bond donors (Lipinski definition) is 1. The van der Waals surface area contributed by atoms with E-state index in [2.05, 4.69) is 11.3 Å². The Morgan fingerprint density at radius 1 is 1.17 bits per heavy atom. The molecule has 0 spiro atoms. The molecule has 1 saturated carbocycles. The minimum Gasteiger partial charge on any atom is -0.369 e. The van der Waals surface area contributed by atoms with E-state index in [0.29, 0.717) is 0 Å². The average Bonchev–Trinajstić information content (AvgIpc) is 3.01. The van der Waals surface area contributed by atoms with E-state index < -0.39 is 0 Å². The lowest BCUT2D eigenvalue weighted by atomic mass is 9.81. The first-order chi connectivity index (χ1) is 11.0. The van der Waals surface area contributed by atoms with Crippen molar-refractivity contribution in [2.45, 2.75) is 51.5 Å². The van der Waals surface area contributed by atoms with Crippen LogP contribution in [-0.4, -0.2) is 39.6 Å². The van der Waals surface area contributed by atoms with Gasteiger partial charge in [0, 0.05) is 31.1 Å². The molecule has 1 aliphatic heterocycles. The van der Waals surface area contributed by atoms with Gasteiger partial charge in [-0.25, -0.2) is 0 Å². The van der Waals surface area contributed by atoms with E-state index in [1.54, 1.807) is 0 Å². The Labute approximate surface area is 137 Å². The van der Waals surface area contributed by atoms with Crippen molar-refractivity contribution in [3.63, 3.8) is 0 Å². The van der Waals surface area contributed by atoms with E-state index in [1.807, 2.05) is 22.7 Å². The Kier molecular flexibility index (Phi) is 4.68. The Morgan fingerprint density at radius 2 is 1.87 bits per heavy atom.